The van der Waals surface area contributed by atoms with E-state index in [4.69, 9.17) is 0 Å². The molecule has 1 amide bonds. The number of hydrogen-bond acceptors (Lipinski definition) is 2. The van der Waals surface area contributed by atoms with E-state index in [1.54, 1.807) is 24.3 Å². The van der Waals surface area contributed by atoms with Gasteiger partial charge in [-0.3, -0.25) is 4.79 Å². The van der Waals surface area contributed by atoms with E-state index in [1.165, 1.54) is 6.92 Å². The van der Waals surface area contributed by atoms with Crippen LogP contribution in [-0.2, 0) is 11.2 Å². The van der Waals surface area contributed by atoms with Crippen molar-refractivity contribution in [2.45, 2.75) is 18.2 Å². The van der Waals surface area contributed by atoms with Gasteiger partial charge < -0.3 is 5.32 Å². The summed E-state index contributed by atoms with van der Waals surface area (Å²) in [5.74, 6) is -1.61. The van der Waals surface area contributed by atoms with Crippen LogP contribution in [0.1, 0.15) is 11.1 Å². The van der Waals surface area contributed by atoms with Gasteiger partial charge in [-0.2, -0.15) is 0 Å². The second-order valence-corrected chi connectivity index (χ2v) is 4.99. The fraction of sp³-hybridized carbons (Fsp3) is 0.133. The molecule has 0 unspecified atom stereocenters. The topological polar surface area (TPSA) is 29.1 Å². The predicted molar refractivity (Wildman–Crippen MR) is 77.1 cm³/mol. The molecule has 2 rings (SSSR count). The SMILES string of the molecule is Cc1cc(F)c(NC(=O)Cc2ccc(S)cc2)cc1F. The third kappa shape index (κ3) is 3.57. The average molecular weight is 293 g/mol. The van der Waals surface area contributed by atoms with Gasteiger partial charge in [-0.15, -0.1) is 12.6 Å². The summed E-state index contributed by atoms with van der Waals surface area (Å²) in [4.78, 5) is 12.6. The average Bonchev–Trinajstić information content (AvgIpc) is 2.39. The number of carbonyl (C=O) groups excluding carboxylic acids is 1. The highest BCUT2D eigenvalue weighted by molar-refractivity contribution is 7.80. The molecule has 0 fully saturated rings. The molecular weight excluding hydrogens is 280 g/mol. The predicted octanol–water partition coefficient (Wildman–Crippen LogP) is 3.74. The number of aryl methyl sites for hydroxylation is 1. The molecule has 0 atom stereocenters. The zero-order valence-corrected chi connectivity index (χ0v) is 11.7. The lowest BCUT2D eigenvalue weighted by molar-refractivity contribution is -0.115. The molecule has 0 aliphatic carbocycles. The van der Waals surface area contributed by atoms with Gasteiger partial charge in [-0.05, 0) is 36.2 Å². The zero-order chi connectivity index (χ0) is 14.7. The lowest BCUT2D eigenvalue weighted by atomic mass is 10.1. The molecule has 104 valence electrons. The molecule has 0 saturated carbocycles. The Morgan fingerprint density at radius 2 is 1.80 bits per heavy atom. The van der Waals surface area contributed by atoms with Gasteiger partial charge in [0.2, 0.25) is 5.91 Å². The highest BCUT2D eigenvalue weighted by Crippen LogP contribution is 2.19. The van der Waals surface area contributed by atoms with Crippen molar-refractivity contribution in [2.75, 3.05) is 5.32 Å². The molecule has 0 spiro atoms. The molecule has 1 N–H and O–H groups in total. The molecular formula is C15H13F2NOS. The Kier molecular flexibility index (Phi) is 4.39. The number of hydrogen-bond donors (Lipinski definition) is 2. The second kappa shape index (κ2) is 6.05. The lowest BCUT2D eigenvalue weighted by Gasteiger charge is -2.08. The smallest absolute Gasteiger partial charge is 0.228 e. The van der Waals surface area contributed by atoms with Crippen LogP contribution in [-0.4, -0.2) is 5.91 Å². The number of carbonyl (C=O) groups is 1. The Bertz CT molecular complexity index is 641. The molecule has 20 heavy (non-hydrogen) atoms. The Morgan fingerprint density at radius 1 is 1.15 bits per heavy atom. The van der Waals surface area contributed by atoms with E-state index >= 15 is 0 Å². The normalized spacial score (nSPS) is 10.4. The number of rotatable bonds is 3. The fourth-order valence-corrected chi connectivity index (χ4v) is 1.88. The molecule has 0 aliphatic heterocycles. The van der Waals surface area contributed by atoms with Crippen LogP contribution in [0, 0.1) is 18.6 Å². The quantitative estimate of drug-likeness (QED) is 0.829. The number of anilines is 1. The van der Waals surface area contributed by atoms with Crippen LogP contribution in [0.25, 0.3) is 0 Å². The van der Waals surface area contributed by atoms with Crippen LogP contribution >= 0.6 is 12.6 Å². The Hall–Kier alpha value is -1.88. The molecule has 0 saturated heterocycles. The van der Waals surface area contributed by atoms with Gasteiger partial charge in [0.1, 0.15) is 11.6 Å². The number of nitrogens with one attached hydrogen (secondary N) is 1. The first-order valence-corrected chi connectivity index (χ1v) is 6.44. The summed E-state index contributed by atoms with van der Waals surface area (Å²) in [6, 6.07) is 9.08. The zero-order valence-electron chi connectivity index (χ0n) is 10.8. The minimum atomic E-state index is -0.650. The standard InChI is InChI=1S/C15H13F2NOS/c1-9-6-13(17)14(8-12(9)16)18-15(19)7-10-2-4-11(20)5-3-10/h2-6,8,20H,7H2,1H3,(H,18,19). The van der Waals surface area contributed by atoms with Crippen molar-refractivity contribution in [3.05, 3.63) is 59.2 Å². The number of thiol groups is 1. The Labute approximate surface area is 121 Å². The van der Waals surface area contributed by atoms with Gasteiger partial charge in [0.15, 0.2) is 0 Å². The van der Waals surface area contributed by atoms with E-state index in [9.17, 15) is 13.6 Å². The molecule has 2 aromatic rings. The Morgan fingerprint density at radius 3 is 2.45 bits per heavy atom. The van der Waals surface area contributed by atoms with Gasteiger partial charge in [-0.1, -0.05) is 12.1 Å². The van der Waals surface area contributed by atoms with E-state index < -0.39 is 17.5 Å². The molecule has 0 aromatic heterocycles. The first-order chi connectivity index (χ1) is 9.45. The maximum Gasteiger partial charge on any atom is 0.228 e. The summed E-state index contributed by atoms with van der Waals surface area (Å²) in [5.41, 5.74) is 0.821. The fourth-order valence-electron chi connectivity index (χ4n) is 1.74. The summed E-state index contributed by atoms with van der Waals surface area (Å²) >= 11 is 4.14. The van der Waals surface area contributed by atoms with Crippen molar-refractivity contribution in [2.24, 2.45) is 0 Å². The van der Waals surface area contributed by atoms with Crippen molar-refractivity contribution >= 4 is 24.2 Å². The first kappa shape index (κ1) is 14.5. The Balaban J connectivity index is 2.08. The minimum Gasteiger partial charge on any atom is -0.323 e. The molecule has 0 bridgehead atoms. The van der Waals surface area contributed by atoms with Gasteiger partial charge in [0.05, 0.1) is 12.1 Å². The van der Waals surface area contributed by atoms with E-state index in [-0.39, 0.29) is 17.7 Å². The number of halogens is 2. The van der Waals surface area contributed by atoms with E-state index in [0.717, 1.165) is 22.6 Å². The third-order valence-electron chi connectivity index (χ3n) is 2.82. The molecule has 0 heterocycles. The van der Waals surface area contributed by atoms with Crippen molar-refractivity contribution in [3.8, 4) is 0 Å². The summed E-state index contributed by atoms with van der Waals surface area (Å²) in [6.45, 7) is 1.46. The molecule has 2 nitrogen and oxygen atoms in total. The largest absolute Gasteiger partial charge is 0.323 e. The van der Waals surface area contributed by atoms with Crippen LogP contribution < -0.4 is 5.32 Å². The van der Waals surface area contributed by atoms with Crippen LogP contribution in [0.3, 0.4) is 0 Å². The summed E-state index contributed by atoms with van der Waals surface area (Å²) < 4.78 is 26.9. The molecule has 0 aliphatic rings. The summed E-state index contributed by atoms with van der Waals surface area (Å²) in [7, 11) is 0. The van der Waals surface area contributed by atoms with Crippen molar-refractivity contribution < 1.29 is 13.6 Å². The van der Waals surface area contributed by atoms with Gasteiger partial charge in [0.25, 0.3) is 0 Å². The maximum atomic E-state index is 13.6. The highest BCUT2D eigenvalue weighted by Gasteiger charge is 2.11. The van der Waals surface area contributed by atoms with Crippen LogP contribution in [0.4, 0.5) is 14.5 Å². The van der Waals surface area contributed by atoms with Crippen molar-refractivity contribution in [3.63, 3.8) is 0 Å². The van der Waals surface area contributed by atoms with Crippen molar-refractivity contribution in [1.29, 1.82) is 0 Å². The molecule has 5 heteroatoms. The summed E-state index contributed by atoms with van der Waals surface area (Å²) in [5, 5.41) is 2.37. The van der Waals surface area contributed by atoms with Gasteiger partial charge in [-0.25, -0.2) is 8.78 Å². The third-order valence-corrected chi connectivity index (χ3v) is 3.12. The van der Waals surface area contributed by atoms with E-state index in [2.05, 4.69) is 17.9 Å². The van der Waals surface area contributed by atoms with Crippen LogP contribution in [0.15, 0.2) is 41.3 Å². The van der Waals surface area contributed by atoms with E-state index in [0.29, 0.717) is 0 Å². The van der Waals surface area contributed by atoms with Gasteiger partial charge >= 0.3 is 0 Å². The minimum absolute atomic E-state index is 0.0863. The second-order valence-electron chi connectivity index (χ2n) is 4.47. The van der Waals surface area contributed by atoms with E-state index in [1.807, 2.05) is 0 Å². The summed E-state index contributed by atoms with van der Waals surface area (Å²) in [6.07, 6.45) is 0.0863. The van der Waals surface area contributed by atoms with Crippen molar-refractivity contribution in [1.82, 2.24) is 0 Å². The molecule has 0 radical (unpaired) electrons. The highest BCUT2D eigenvalue weighted by atomic mass is 32.1. The number of amides is 1. The number of benzene rings is 2. The first-order valence-electron chi connectivity index (χ1n) is 5.99. The monoisotopic (exact) mass is 293 g/mol. The lowest BCUT2D eigenvalue weighted by Crippen LogP contribution is -2.15. The molecule has 2 aromatic carbocycles. The maximum absolute atomic E-state index is 13.6. The van der Waals surface area contributed by atoms with Gasteiger partial charge in [0, 0.05) is 11.0 Å². The van der Waals surface area contributed by atoms with Crippen LogP contribution in [0.5, 0.6) is 0 Å². The van der Waals surface area contributed by atoms with Crippen LogP contribution in [0.2, 0.25) is 0 Å².